The molecule has 0 spiro atoms. The molecule has 25 heavy (non-hydrogen) atoms. The minimum Gasteiger partial charge on any atom is -0.497 e. The first-order valence-electron chi connectivity index (χ1n) is 7.54. The minimum absolute atomic E-state index is 0.115. The molecule has 1 N–H and O–H groups in total. The molecule has 6 nitrogen and oxygen atoms in total. The Hall–Kier alpha value is -2.93. The van der Waals surface area contributed by atoms with Gasteiger partial charge in [-0.15, -0.1) is 0 Å². The van der Waals surface area contributed by atoms with Crippen molar-refractivity contribution in [3.8, 4) is 5.75 Å². The molecule has 0 bridgehead atoms. The first kappa shape index (κ1) is 15.6. The van der Waals surface area contributed by atoms with E-state index in [0.717, 1.165) is 0 Å². The Kier molecular flexibility index (Phi) is 3.30. The lowest BCUT2D eigenvalue weighted by molar-refractivity contribution is 0.106. The quantitative estimate of drug-likeness (QED) is 0.895. The Bertz CT molecular complexity index is 1100. The number of benzene rings is 2. The number of carbonyl (C=O) groups excluding carboxylic acids is 1. The molecule has 0 unspecified atom stereocenters. The van der Waals surface area contributed by atoms with Gasteiger partial charge in [0.2, 0.25) is 5.78 Å². The highest BCUT2D eigenvalue weighted by atomic mass is 32.2. The van der Waals surface area contributed by atoms with E-state index < -0.39 is 10.0 Å². The van der Waals surface area contributed by atoms with Crippen molar-refractivity contribution in [3.63, 3.8) is 0 Å². The maximum absolute atomic E-state index is 12.9. The first-order chi connectivity index (χ1) is 12.0. The van der Waals surface area contributed by atoms with E-state index in [1.165, 1.54) is 13.1 Å². The lowest BCUT2D eigenvalue weighted by Crippen LogP contribution is -2.25. The van der Waals surface area contributed by atoms with Crippen molar-refractivity contribution < 1.29 is 17.9 Å². The van der Waals surface area contributed by atoms with E-state index in [9.17, 15) is 13.2 Å². The fraction of sp³-hybridized carbons (Fsp3) is 0.111. The molecule has 0 saturated carbocycles. The molecule has 0 aromatic heterocycles. The van der Waals surface area contributed by atoms with Gasteiger partial charge in [-0.1, -0.05) is 24.3 Å². The summed E-state index contributed by atoms with van der Waals surface area (Å²) in [6.45, 7) is 0. The van der Waals surface area contributed by atoms with Gasteiger partial charge < -0.3 is 4.74 Å². The molecular weight excluding hydrogens is 340 g/mol. The molecule has 1 aliphatic heterocycles. The predicted molar refractivity (Wildman–Crippen MR) is 94.3 cm³/mol. The fourth-order valence-corrected chi connectivity index (χ4v) is 4.57. The fourth-order valence-electron chi connectivity index (χ4n) is 3.25. The lowest BCUT2D eigenvalue weighted by Gasteiger charge is -2.20. The summed E-state index contributed by atoms with van der Waals surface area (Å²) in [7, 11) is -0.642. The zero-order valence-electron chi connectivity index (χ0n) is 13.5. The summed E-state index contributed by atoms with van der Waals surface area (Å²) in [6.07, 6.45) is 0. The Morgan fingerprint density at radius 1 is 1.12 bits per heavy atom. The van der Waals surface area contributed by atoms with E-state index in [2.05, 4.69) is 9.71 Å². The number of allylic oxidation sites excluding steroid dienone is 1. The molecular formula is C18H14N2O4S. The van der Waals surface area contributed by atoms with Gasteiger partial charge in [0.1, 0.15) is 11.5 Å². The van der Waals surface area contributed by atoms with Crippen LogP contribution in [0.4, 0.5) is 0 Å². The van der Waals surface area contributed by atoms with Crippen molar-refractivity contribution in [3.05, 3.63) is 59.2 Å². The Morgan fingerprint density at radius 3 is 2.60 bits per heavy atom. The smallest absolute Gasteiger partial charge is 0.262 e. The molecule has 2 aromatic rings. The van der Waals surface area contributed by atoms with Crippen LogP contribution in [0.1, 0.15) is 21.5 Å². The van der Waals surface area contributed by atoms with E-state index >= 15 is 0 Å². The van der Waals surface area contributed by atoms with Gasteiger partial charge in [0, 0.05) is 23.7 Å². The molecule has 1 aliphatic carbocycles. The van der Waals surface area contributed by atoms with Crippen LogP contribution in [0.2, 0.25) is 0 Å². The van der Waals surface area contributed by atoms with E-state index in [1.54, 1.807) is 43.5 Å². The number of carbonyl (C=O) groups is 1. The third-order valence-electron chi connectivity index (χ3n) is 4.33. The Labute approximate surface area is 144 Å². The number of hydrogen-bond acceptors (Lipinski definition) is 5. The number of rotatable bonds is 2. The Balaban J connectivity index is 2.12. The largest absolute Gasteiger partial charge is 0.497 e. The number of sulfonamides is 1. The number of aliphatic imine (C=N–C) groups is 1. The van der Waals surface area contributed by atoms with Crippen molar-refractivity contribution in [2.45, 2.75) is 4.90 Å². The van der Waals surface area contributed by atoms with Crippen molar-refractivity contribution in [2.75, 3.05) is 14.2 Å². The Morgan fingerprint density at radius 2 is 1.88 bits per heavy atom. The van der Waals surface area contributed by atoms with E-state index in [4.69, 9.17) is 4.74 Å². The van der Waals surface area contributed by atoms with Crippen molar-refractivity contribution in [2.24, 2.45) is 4.99 Å². The van der Waals surface area contributed by atoms with Crippen LogP contribution in [-0.2, 0) is 10.0 Å². The highest BCUT2D eigenvalue weighted by molar-refractivity contribution is 7.90. The van der Waals surface area contributed by atoms with Gasteiger partial charge in [-0.2, -0.15) is 0 Å². The van der Waals surface area contributed by atoms with Crippen LogP contribution in [0.15, 0.2) is 52.4 Å². The van der Waals surface area contributed by atoms with Gasteiger partial charge in [-0.05, 0) is 23.8 Å². The summed E-state index contributed by atoms with van der Waals surface area (Å²) in [4.78, 5) is 17.2. The van der Waals surface area contributed by atoms with Crippen LogP contribution in [0.5, 0.6) is 5.75 Å². The van der Waals surface area contributed by atoms with Crippen LogP contribution < -0.4 is 9.46 Å². The van der Waals surface area contributed by atoms with Crippen molar-refractivity contribution in [1.29, 1.82) is 0 Å². The average Bonchev–Trinajstić information content (AvgIpc) is 2.89. The molecule has 0 radical (unpaired) electrons. The van der Waals surface area contributed by atoms with Gasteiger partial charge in [-0.25, -0.2) is 8.42 Å². The van der Waals surface area contributed by atoms with E-state index in [1.807, 2.05) is 0 Å². The first-order valence-corrected chi connectivity index (χ1v) is 9.03. The summed E-state index contributed by atoms with van der Waals surface area (Å²) in [5.41, 5.74) is 2.49. The molecule has 0 amide bonds. The van der Waals surface area contributed by atoms with E-state index in [0.29, 0.717) is 33.7 Å². The number of nitrogens with one attached hydrogen (secondary N) is 1. The number of ether oxygens (including phenoxy) is 1. The molecule has 2 aliphatic rings. The molecule has 1 heterocycles. The van der Waals surface area contributed by atoms with Crippen LogP contribution in [0.3, 0.4) is 0 Å². The second-order valence-corrected chi connectivity index (χ2v) is 7.32. The van der Waals surface area contributed by atoms with Crippen LogP contribution in [0, 0.1) is 0 Å². The normalized spacial score (nSPS) is 19.0. The third kappa shape index (κ3) is 2.12. The van der Waals surface area contributed by atoms with Gasteiger partial charge in [0.15, 0.2) is 0 Å². The molecule has 0 saturated heterocycles. The van der Waals surface area contributed by atoms with Gasteiger partial charge in [-0.3, -0.25) is 14.5 Å². The highest BCUT2D eigenvalue weighted by Crippen LogP contribution is 2.42. The second-order valence-electron chi connectivity index (χ2n) is 5.67. The summed E-state index contributed by atoms with van der Waals surface area (Å²) in [6, 6.07) is 11.8. The van der Waals surface area contributed by atoms with Gasteiger partial charge in [0.05, 0.1) is 17.7 Å². The predicted octanol–water partition coefficient (Wildman–Crippen LogP) is 2.12. The van der Waals surface area contributed by atoms with Crippen molar-refractivity contribution in [1.82, 2.24) is 4.72 Å². The van der Waals surface area contributed by atoms with Gasteiger partial charge in [0.25, 0.3) is 10.0 Å². The van der Waals surface area contributed by atoms with Crippen LogP contribution >= 0.6 is 0 Å². The summed E-state index contributed by atoms with van der Waals surface area (Å²) < 4.78 is 32.8. The number of nitrogens with zero attached hydrogens (tertiary/aromatic N) is 1. The second kappa shape index (κ2) is 5.29. The molecule has 0 fully saturated rings. The maximum atomic E-state index is 12.9. The molecule has 0 atom stereocenters. The van der Waals surface area contributed by atoms with Crippen LogP contribution in [0.25, 0.3) is 11.3 Å². The lowest BCUT2D eigenvalue weighted by atomic mass is 9.84. The minimum atomic E-state index is -3.71. The number of methoxy groups -OCH3 is 1. The monoisotopic (exact) mass is 354 g/mol. The SMILES string of the molecule is CN=C1C(=O)c2cccc3c2C(=C1c1cccc(OC)c1)NS3(=O)=O. The number of Topliss-reactive ketones (excluding diaryl/α,β-unsaturated/α-hetero) is 1. The van der Waals surface area contributed by atoms with Gasteiger partial charge >= 0.3 is 0 Å². The topological polar surface area (TPSA) is 84.8 Å². The van der Waals surface area contributed by atoms with Crippen molar-refractivity contribution >= 4 is 32.8 Å². The summed E-state index contributed by atoms with van der Waals surface area (Å²) in [5.74, 6) is 0.313. The van der Waals surface area contributed by atoms with Crippen LogP contribution in [-0.4, -0.2) is 34.1 Å². The van der Waals surface area contributed by atoms with E-state index in [-0.39, 0.29) is 16.4 Å². The average molecular weight is 354 g/mol. The molecule has 126 valence electrons. The molecule has 2 aromatic carbocycles. The third-order valence-corrected chi connectivity index (χ3v) is 5.72. The standard InChI is InChI=1S/C18H14N2O4S/c1-19-17-14(10-5-3-6-11(9-10)24-2)16-15-12(18(17)21)7-4-8-13(15)25(22,23)20-16/h3-9,20H,1-2H3. The summed E-state index contributed by atoms with van der Waals surface area (Å²) in [5, 5.41) is 0. The molecule has 4 rings (SSSR count). The summed E-state index contributed by atoms with van der Waals surface area (Å²) >= 11 is 0. The molecule has 7 heteroatoms. The zero-order chi connectivity index (χ0) is 17.8. The maximum Gasteiger partial charge on any atom is 0.262 e. The number of ketones is 1. The highest BCUT2D eigenvalue weighted by Gasteiger charge is 2.41. The number of hydrogen-bond donors (Lipinski definition) is 1. The zero-order valence-corrected chi connectivity index (χ0v) is 14.3.